The van der Waals surface area contributed by atoms with E-state index in [1.54, 1.807) is 0 Å². The summed E-state index contributed by atoms with van der Waals surface area (Å²) in [6.07, 6.45) is 2.36. The number of rotatable bonds is 3. The highest BCUT2D eigenvalue weighted by molar-refractivity contribution is 9.10. The van der Waals surface area contributed by atoms with Crippen molar-refractivity contribution in [2.45, 2.75) is 38.7 Å². The van der Waals surface area contributed by atoms with Crippen LogP contribution in [0.5, 0.6) is 5.75 Å². The fourth-order valence-corrected chi connectivity index (χ4v) is 2.57. The van der Waals surface area contributed by atoms with Gasteiger partial charge in [-0.2, -0.15) is 0 Å². The minimum absolute atomic E-state index is 0.644. The molecule has 1 unspecified atom stereocenters. The molecular formula is C13H17BrO2. The maximum absolute atomic E-state index is 10.1. The minimum Gasteiger partial charge on any atom is -0.493 e. The van der Waals surface area contributed by atoms with E-state index in [2.05, 4.69) is 22.0 Å². The van der Waals surface area contributed by atoms with E-state index in [0.29, 0.717) is 6.42 Å². The summed E-state index contributed by atoms with van der Waals surface area (Å²) in [6.45, 7) is 4.63. The molecule has 0 aromatic heterocycles. The van der Waals surface area contributed by atoms with Crippen molar-refractivity contribution in [3.8, 4) is 5.75 Å². The van der Waals surface area contributed by atoms with E-state index in [9.17, 15) is 5.11 Å². The van der Waals surface area contributed by atoms with Crippen LogP contribution >= 0.6 is 15.9 Å². The predicted molar refractivity (Wildman–Crippen MR) is 68.0 cm³/mol. The van der Waals surface area contributed by atoms with Gasteiger partial charge in [-0.15, -0.1) is 0 Å². The molecule has 16 heavy (non-hydrogen) atoms. The summed E-state index contributed by atoms with van der Waals surface area (Å²) >= 11 is 3.51. The van der Waals surface area contributed by atoms with Crippen LogP contribution in [-0.4, -0.2) is 17.3 Å². The molecule has 2 nitrogen and oxygen atoms in total. The maximum atomic E-state index is 10.1. The Labute approximate surface area is 105 Å². The van der Waals surface area contributed by atoms with Gasteiger partial charge in [0.2, 0.25) is 0 Å². The lowest BCUT2D eigenvalue weighted by atomic mass is 9.92. The topological polar surface area (TPSA) is 29.5 Å². The van der Waals surface area contributed by atoms with Crippen molar-refractivity contribution in [2.75, 3.05) is 6.61 Å². The van der Waals surface area contributed by atoms with Gasteiger partial charge < -0.3 is 9.84 Å². The molecular weight excluding hydrogens is 268 g/mol. The van der Waals surface area contributed by atoms with Crippen molar-refractivity contribution < 1.29 is 9.84 Å². The molecule has 2 rings (SSSR count). The predicted octanol–water partition coefficient (Wildman–Crippen LogP) is 3.09. The van der Waals surface area contributed by atoms with E-state index in [1.165, 1.54) is 5.56 Å². The average Bonchev–Trinajstić information content (AvgIpc) is 2.65. The highest BCUT2D eigenvalue weighted by atomic mass is 79.9. The monoisotopic (exact) mass is 284 g/mol. The molecule has 0 bridgehead atoms. The first kappa shape index (κ1) is 11.9. The molecule has 1 aromatic rings. The smallest absolute Gasteiger partial charge is 0.125 e. The van der Waals surface area contributed by atoms with E-state index in [1.807, 2.05) is 19.9 Å². The van der Waals surface area contributed by atoms with Crippen molar-refractivity contribution in [3.63, 3.8) is 0 Å². The summed E-state index contributed by atoms with van der Waals surface area (Å²) in [5, 5.41) is 10.1. The van der Waals surface area contributed by atoms with Gasteiger partial charge in [0.25, 0.3) is 0 Å². The molecule has 1 aliphatic rings. The van der Waals surface area contributed by atoms with Crippen molar-refractivity contribution in [1.29, 1.82) is 0 Å². The molecule has 0 spiro atoms. The third kappa shape index (κ3) is 2.41. The Morgan fingerprint density at radius 3 is 2.94 bits per heavy atom. The molecule has 88 valence electrons. The zero-order valence-corrected chi connectivity index (χ0v) is 11.3. The van der Waals surface area contributed by atoms with Crippen molar-refractivity contribution in [1.82, 2.24) is 0 Å². The van der Waals surface area contributed by atoms with Crippen LogP contribution in [0.1, 0.15) is 31.4 Å². The second-order valence-electron chi connectivity index (χ2n) is 4.68. The number of hydrogen-bond acceptors (Lipinski definition) is 2. The van der Waals surface area contributed by atoms with Gasteiger partial charge >= 0.3 is 0 Å². The van der Waals surface area contributed by atoms with Gasteiger partial charge in [-0.05, 0) is 36.6 Å². The number of hydrogen-bond donors (Lipinski definition) is 1. The first-order valence-corrected chi connectivity index (χ1v) is 6.47. The van der Waals surface area contributed by atoms with Crippen LogP contribution in [0.3, 0.4) is 0 Å². The third-order valence-electron chi connectivity index (χ3n) is 3.16. The highest BCUT2D eigenvalue weighted by Crippen LogP contribution is 2.35. The summed E-state index contributed by atoms with van der Waals surface area (Å²) < 4.78 is 6.71. The average molecular weight is 285 g/mol. The van der Waals surface area contributed by atoms with Crippen molar-refractivity contribution in [2.24, 2.45) is 0 Å². The number of ether oxygens (including phenoxy) is 1. The van der Waals surface area contributed by atoms with E-state index < -0.39 is 5.60 Å². The zero-order valence-electron chi connectivity index (χ0n) is 9.72. The quantitative estimate of drug-likeness (QED) is 0.924. The number of aliphatic hydroxyl groups is 1. The van der Waals surface area contributed by atoms with Crippen LogP contribution in [-0.2, 0) is 12.8 Å². The number of benzene rings is 1. The molecule has 0 amide bonds. The Hall–Kier alpha value is -0.540. The summed E-state index contributed by atoms with van der Waals surface area (Å²) in [5.41, 5.74) is 1.70. The molecule has 0 fully saturated rings. The zero-order chi connectivity index (χ0) is 11.8. The summed E-state index contributed by atoms with van der Waals surface area (Å²) in [4.78, 5) is 0. The lowest BCUT2D eigenvalue weighted by Crippen LogP contribution is -2.26. The van der Waals surface area contributed by atoms with Gasteiger partial charge in [-0.25, -0.2) is 0 Å². The first-order chi connectivity index (χ1) is 7.52. The van der Waals surface area contributed by atoms with Crippen LogP contribution in [0.25, 0.3) is 0 Å². The Morgan fingerprint density at radius 2 is 2.25 bits per heavy atom. The van der Waals surface area contributed by atoms with Gasteiger partial charge in [0.1, 0.15) is 5.75 Å². The van der Waals surface area contributed by atoms with Gasteiger partial charge in [0.05, 0.1) is 12.2 Å². The van der Waals surface area contributed by atoms with E-state index in [-0.39, 0.29) is 0 Å². The molecule has 0 aliphatic carbocycles. The normalized spacial score (nSPS) is 17.8. The Kier molecular flexibility index (Phi) is 3.27. The fraction of sp³-hybridized carbons (Fsp3) is 0.538. The molecule has 0 saturated heterocycles. The largest absolute Gasteiger partial charge is 0.493 e. The van der Waals surface area contributed by atoms with Gasteiger partial charge in [0, 0.05) is 17.3 Å². The van der Waals surface area contributed by atoms with E-state index >= 15 is 0 Å². The third-order valence-corrected chi connectivity index (χ3v) is 3.62. The first-order valence-electron chi connectivity index (χ1n) is 5.68. The van der Waals surface area contributed by atoms with Crippen LogP contribution in [0.2, 0.25) is 0 Å². The molecule has 1 N–H and O–H groups in total. The SMILES string of the molecule is CCC(C)(O)Cc1cc(Br)cc2c1OCC2. The van der Waals surface area contributed by atoms with Crippen molar-refractivity contribution in [3.05, 3.63) is 27.7 Å². The Bertz CT molecular complexity index is 399. The molecule has 1 atom stereocenters. The van der Waals surface area contributed by atoms with Crippen molar-refractivity contribution >= 4 is 15.9 Å². The van der Waals surface area contributed by atoms with Crippen LogP contribution < -0.4 is 4.74 Å². The summed E-state index contributed by atoms with van der Waals surface area (Å²) in [5.74, 6) is 0.983. The Morgan fingerprint density at radius 1 is 1.50 bits per heavy atom. The van der Waals surface area contributed by atoms with Crippen LogP contribution in [0.4, 0.5) is 0 Å². The lowest BCUT2D eigenvalue weighted by Gasteiger charge is -2.22. The number of fused-ring (bicyclic) bond motifs is 1. The molecule has 1 aliphatic heterocycles. The highest BCUT2D eigenvalue weighted by Gasteiger charge is 2.24. The molecule has 0 radical (unpaired) electrons. The lowest BCUT2D eigenvalue weighted by molar-refractivity contribution is 0.0558. The standard InChI is InChI=1S/C13H17BrO2/c1-3-13(2,15)8-10-7-11(14)6-9-4-5-16-12(9)10/h6-7,15H,3-5,8H2,1-2H3. The number of halogens is 1. The summed E-state index contributed by atoms with van der Waals surface area (Å²) in [6, 6.07) is 4.15. The second kappa shape index (κ2) is 4.38. The Balaban J connectivity index is 2.34. The van der Waals surface area contributed by atoms with Gasteiger partial charge in [-0.3, -0.25) is 0 Å². The molecule has 1 aromatic carbocycles. The van der Waals surface area contributed by atoms with Crippen LogP contribution in [0.15, 0.2) is 16.6 Å². The van der Waals surface area contributed by atoms with Gasteiger partial charge in [-0.1, -0.05) is 22.9 Å². The van der Waals surface area contributed by atoms with Crippen LogP contribution in [0, 0.1) is 0 Å². The summed E-state index contributed by atoms with van der Waals surface area (Å²) in [7, 11) is 0. The second-order valence-corrected chi connectivity index (χ2v) is 5.59. The van der Waals surface area contributed by atoms with Gasteiger partial charge in [0.15, 0.2) is 0 Å². The molecule has 1 heterocycles. The molecule has 3 heteroatoms. The minimum atomic E-state index is -0.652. The van der Waals surface area contributed by atoms with E-state index in [4.69, 9.17) is 4.74 Å². The van der Waals surface area contributed by atoms with E-state index in [0.717, 1.165) is 35.2 Å². The fourth-order valence-electron chi connectivity index (χ4n) is 2.01. The maximum Gasteiger partial charge on any atom is 0.125 e. The molecule has 0 saturated carbocycles.